The van der Waals surface area contributed by atoms with E-state index in [0.29, 0.717) is 24.2 Å². The maximum absolute atomic E-state index is 5.59. The van der Waals surface area contributed by atoms with Crippen molar-refractivity contribution in [3.8, 4) is 0 Å². The van der Waals surface area contributed by atoms with Crippen molar-refractivity contribution in [1.29, 1.82) is 0 Å². The number of nitrogens with zero attached hydrogens (tertiary/aromatic N) is 2. The summed E-state index contributed by atoms with van der Waals surface area (Å²) in [6.45, 7) is 6.55. The Morgan fingerprint density at radius 3 is 2.50 bits per heavy atom. The lowest BCUT2D eigenvalue weighted by Gasteiger charge is -2.12. The van der Waals surface area contributed by atoms with Gasteiger partial charge in [-0.3, -0.25) is 0 Å². The topological polar surface area (TPSA) is 64.9 Å². The van der Waals surface area contributed by atoms with Gasteiger partial charge in [0.05, 0.1) is 5.92 Å². The molecule has 12 heavy (non-hydrogen) atoms. The fraction of sp³-hybridized carbons (Fsp3) is 0.750. The van der Waals surface area contributed by atoms with Gasteiger partial charge in [0.15, 0.2) is 5.82 Å². The third kappa shape index (κ3) is 1.82. The van der Waals surface area contributed by atoms with Crippen LogP contribution in [-0.2, 0) is 0 Å². The molecule has 0 aliphatic rings. The van der Waals surface area contributed by atoms with Crippen LogP contribution < -0.4 is 5.73 Å². The SMILES string of the molecule is Cc1noc(C(CN)C(C)C)n1. The van der Waals surface area contributed by atoms with E-state index < -0.39 is 0 Å². The molecule has 1 unspecified atom stereocenters. The molecule has 0 saturated heterocycles. The van der Waals surface area contributed by atoms with E-state index in [2.05, 4.69) is 24.0 Å². The van der Waals surface area contributed by atoms with Gasteiger partial charge in [0.1, 0.15) is 0 Å². The normalized spacial score (nSPS) is 13.8. The molecule has 1 rings (SSSR count). The number of nitrogens with two attached hydrogens (primary N) is 1. The summed E-state index contributed by atoms with van der Waals surface area (Å²) >= 11 is 0. The van der Waals surface area contributed by atoms with Crippen LogP contribution in [0.25, 0.3) is 0 Å². The Hall–Kier alpha value is -0.900. The largest absolute Gasteiger partial charge is 0.339 e. The Kier molecular flexibility index (Phi) is 2.81. The van der Waals surface area contributed by atoms with Crippen molar-refractivity contribution >= 4 is 0 Å². The minimum atomic E-state index is 0.186. The average Bonchev–Trinajstić information content (AvgIpc) is 2.37. The minimum absolute atomic E-state index is 0.186. The second-order valence-corrected chi connectivity index (χ2v) is 3.27. The molecule has 1 heterocycles. The van der Waals surface area contributed by atoms with Gasteiger partial charge in [-0.1, -0.05) is 19.0 Å². The van der Waals surface area contributed by atoms with Crippen molar-refractivity contribution in [3.05, 3.63) is 11.7 Å². The molecule has 4 nitrogen and oxygen atoms in total. The lowest BCUT2D eigenvalue weighted by molar-refractivity contribution is 0.322. The summed E-state index contributed by atoms with van der Waals surface area (Å²) in [5.41, 5.74) is 5.59. The monoisotopic (exact) mass is 169 g/mol. The van der Waals surface area contributed by atoms with Gasteiger partial charge in [0.2, 0.25) is 5.89 Å². The van der Waals surface area contributed by atoms with E-state index in [1.165, 1.54) is 0 Å². The molecule has 1 atom stereocenters. The zero-order chi connectivity index (χ0) is 9.14. The van der Waals surface area contributed by atoms with Crippen molar-refractivity contribution in [2.75, 3.05) is 6.54 Å². The second kappa shape index (κ2) is 3.67. The molecule has 0 saturated carbocycles. The molecule has 1 aromatic heterocycles. The van der Waals surface area contributed by atoms with Gasteiger partial charge in [-0.05, 0) is 12.8 Å². The van der Waals surface area contributed by atoms with Gasteiger partial charge in [-0.2, -0.15) is 4.98 Å². The molecule has 0 aromatic carbocycles. The van der Waals surface area contributed by atoms with Crippen LogP contribution in [0, 0.1) is 12.8 Å². The van der Waals surface area contributed by atoms with Crippen LogP contribution >= 0.6 is 0 Å². The van der Waals surface area contributed by atoms with Gasteiger partial charge < -0.3 is 10.3 Å². The summed E-state index contributed by atoms with van der Waals surface area (Å²) in [7, 11) is 0. The van der Waals surface area contributed by atoms with Gasteiger partial charge in [0, 0.05) is 6.54 Å². The van der Waals surface area contributed by atoms with Crippen molar-refractivity contribution < 1.29 is 4.52 Å². The number of hydrogen-bond acceptors (Lipinski definition) is 4. The third-order valence-corrected chi connectivity index (χ3v) is 1.92. The highest BCUT2D eigenvalue weighted by molar-refractivity contribution is 4.94. The highest BCUT2D eigenvalue weighted by atomic mass is 16.5. The van der Waals surface area contributed by atoms with Crippen LogP contribution in [0.15, 0.2) is 4.52 Å². The molecule has 0 spiro atoms. The fourth-order valence-corrected chi connectivity index (χ4v) is 1.12. The maximum atomic E-state index is 5.59. The van der Waals surface area contributed by atoms with Gasteiger partial charge in [0.25, 0.3) is 0 Å². The molecule has 0 amide bonds. The Balaban J connectivity index is 2.80. The van der Waals surface area contributed by atoms with E-state index in [1.54, 1.807) is 6.92 Å². The van der Waals surface area contributed by atoms with Gasteiger partial charge in [-0.15, -0.1) is 0 Å². The predicted molar refractivity (Wildman–Crippen MR) is 45.7 cm³/mol. The minimum Gasteiger partial charge on any atom is -0.339 e. The summed E-state index contributed by atoms with van der Waals surface area (Å²) in [6.07, 6.45) is 0. The summed E-state index contributed by atoms with van der Waals surface area (Å²) in [4.78, 5) is 4.15. The molecule has 2 N–H and O–H groups in total. The smallest absolute Gasteiger partial charge is 0.231 e. The molecule has 0 bridgehead atoms. The van der Waals surface area contributed by atoms with E-state index in [-0.39, 0.29) is 5.92 Å². The van der Waals surface area contributed by atoms with Gasteiger partial charge in [-0.25, -0.2) is 0 Å². The van der Waals surface area contributed by atoms with Crippen LogP contribution in [0.2, 0.25) is 0 Å². The van der Waals surface area contributed by atoms with Crippen LogP contribution in [0.4, 0.5) is 0 Å². The molecule has 0 aliphatic heterocycles. The average molecular weight is 169 g/mol. The lowest BCUT2D eigenvalue weighted by Crippen LogP contribution is -2.18. The zero-order valence-electron chi connectivity index (χ0n) is 7.74. The molecule has 0 radical (unpaired) electrons. The quantitative estimate of drug-likeness (QED) is 0.735. The Labute approximate surface area is 72.1 Å². The highest BCUT2D eigenvalue weighted by Crippen LogP contribution is 2.20. The van der Waals surface area contributed by atoms with Crippen LogP contribution in [-0.4, -0.2) is 16.7 Å². The summed E-state index contributed by atoms with van der Waals surface area (Å²) in [5, 5.41) is 3.73. The van der Waals surface area contributed by atoms with E-state index in [9.17, 15) is 0 Å². The first-order valence-corrected chi connectivity index (χ1v) is 4.15. The highest BCUT2D eigenvalue weighted by Gasteiger charge is 2.19. The van der Waals surface area contributed by atoms with E-state index >= 15 is 0 Å². The first-order chi connectivity index (χ1) is 5.65. The summed E-state index contributed by atoms with van der Waals surface area (Å²) < 4.78 is 5.04. The van der Waals surface area contributed by atoms with E-state index in [0.717, 1.165) is 0 Å². The molecule has 1 aromatic rings. The summed E-state index contributed by atoms with van der Waals surface area (Å²) in [5.74, 6) is 1.95. The fourth-order valence-electron chi connectivity index (χ4n) is 1.12. The number of rotatable bonds is 3. The van der Waals surface area contributed by atoms with Crippen LogP contribution in [0.3, 0.4) is 0 Å². The van der Waals surface area contributed by atoms with Gasteiger partial charge >= 0.3 is 0 Å². The van der Waals surface area contributed by atoms with Crippen molar-refractivity contribution in [2.45, 2.75) is 26.7 Å². The number of aromatic nitrogens is 2. The Morgan fingerprint density at radius 2 is 2.17 bits per heavy atom. The third-order valence-electron chi connectivity index (χ3n) is 1.92. The second-order valence-electron chi connectivity index (χ2n) is 3.27. The molecule has 68 valence electrons. The van der Waals surface area contributed by atoms with Crippen LogP contribution in [0.1, 0.15) is 31.5 Å². The summed E-state index contributed by atoms with van der Waals surface area (Å²) in [6, 6.07) is 0. The van der Waals surface area contributed by atoms with Crippen molar-refractivity contribution in [1.82, 2.24) is 10.1 Å². The van der Waals surface area contributed by atoms with Crippen molar-refractivity contribution in [2.24, 2.45) is 11.7 Å². The Bertz CT molecular complexity index is 244. The first kappa shape index (κ1) is 9.19. The molecule has 0 fully saturated rings. The zero-order valence-corrected chi connectivity index (χ0v) is 7.74. The standard InChI is InChI=1S/C8H15N3O/c1-5(2)7(4-9)8-10-6(3)11-12-8/h5,7H,4,9H2,1-3H3. The van der Waals surface area contributed by atoms with E-state index in [1.807, 2.05) is 0 Å². The van der Waals surface area contributed by atoms with Crippen LogP contribution in [0.5, 0.6) is 0 Å². The predicted octanol–water partition coefficient (Wildman–Crippen LogP) is 1.08. The first-order valence-electron chi connectivity index (χ1n) is 4.15. The number of hydrogen-bond donors (Lipinski definition) is 1. The molecule has 4 heteroatoms. The van der Waals surface area contributed by atoms with E-state index in [4.69, 9.17) is 10.3 Å². The molecular formula is C8H15N3O. The molecular weight excluding hydrogens is 154 g/mol. The lowest BCUT2D eigenvalue weighted by atomic mass is 9.96. The maximum Gasteiger partial charge on any atom is 0.231 e. The Morgan fingerprint density at radius 1 is 1.50 bits per heavy atom. The van der Waals surface area contributed by atoms with Crippen molar-refractivity contribution in [3.63, 3.8) is 0 Å². The molecule has 0 aliphatic carbocycles. The number of aryl methyl sites for hydroxylation is 1.